The van der Waals surface area contributed by atoms with Gasteiger partial charge < -0.3 is 10.8 Å². The molecule has 0 heterocycles. The van der Waals surface area contributed by atoms with Crippen LogP contribution in [0.15, 0.2) is 28.7 Å². The van der Waals surface area contributed by atoms with Crippen LogP contribution < -0.4 is 5.73 Å². The Kier molecular flexibility index (Phi) is 6.49. The molecule has 0 spiro atoms. The van der Waals surface area contributed by atoms with Gasteiger partial charge >= 0.3 is 0 Å². The maximum atomic E-state index is 9.41. The van der Waals surface area contributed by atoms with Gasteiger partial charge in [-0.05, 0) is 30.5 Å². The molecule has 0 amide bonds. The van der Waals surface area contributed by atoms with Crippen LogP contribution in [0.5, 0.6) is 0 Å². The Morgan fingerprint density at radius 3 is 2.40 bits per heavy atom. The standard InChI is InChI=1S/C16H25BrN2O/c17-14-8-6-13(7-9-14)16(12-18)19(10-11-20)15-4-2-1-3-5-15/h6-9,15-16,20H,1-5,10-12,18H2. The van der Waals surface area contributed by atoms with E-state index >= 15 is 0 Å². The minimum absolute atomic E-state index is 0.198. The number of hydrogen-bond acceptors (Lipinski definition) is 3. The summed E-state index contributed by atoms with van der Waals surface area (Å²) in [5, 5.41) is 9.41. The first-order valence-corrected chi connectivity index (χ1v) is 8.37. The summed E-state index contributed by atoms with van der Waals surface area (Å²) in [6.07, 6.45) is 6.39. The second kappa shape index (κ2) is 8.13. The first-order chi connectivity index (χ1) is 9.76. The Morgan fingerprint density at radius 2 is 1.85 bits per heavy atom. The molecular weight excluding hydrogens is 316 g/mol. The lowest BCUT2D eigenvalue weighted by Gasteiger charge is -2.39. The Balaban J connectivity index is 2.17. The molecular formula is C16H25BrN2O. The normalized spacial score (nSPS) is 18.4. The summed E-state index contributed by atoms with van der Waals surface area (Å²) < 4.78 is 1.09. The molecule has 3 nitrogen and oxygen atoms in total. The van der Waals surface area contributed by atoms with Crippen LogP contribution in [0.2, 0.25) is 0 Å². The van der Waals surface area contributed by atoms with E-state index in [0.29, 0.717) is 19.1 Å². The molecule has 4 heteroatoms. The topological polar surface area (TPSA) is 49.5 Å². The van der Waals surface area contributed by atoms with Gasteiger partial charge in [-0.15, -0.1) is 0 Å². The Hall–Kier alpha value is -0.420. The van der Waals surface area contributed by atoms with Gasteiger partial charge in [-0.3, -0.25) is 4.90 Å². The SMILES string of the molecule is NCC(c1ccc(Br)cc1)N(CCO)C1CCCCC1. The molecule has 0 bridgehead atoms. The molecule has 1 aliphatic carbocycles. The van der Waals surface area contributed by atoms with Crippen molar-refractivity contribution in [1.29, 1.82) is 0 Å². The van der Waals surface area contributed by atoms with E-state index in [9.17, 15) is 5.11 Å². The average molecular weight is 341 g/mol. The van der Waals surface area contributed by atoms with Crippen molar-refractivity contribution in [3.05, 3.63) is 34.3 Å². The summed E-state index contributed by atoms with van der Waals surface area (Å²) in [7, 11) is 0. The lowest BCUT2D eigenvalue weighted by molar-refractivity contribution is 0.0829. The van der Waals surface area contributed by atoms with Crippen molar-refractivity contribution in [2.45, 2.75) is 44.2 Å². The third-order valence-corrected chi connectivity index (χ3v) is 4.81. The van der Waals surface area contributed by atoms with Crippen LogP contribution >= 0.6 is 15.9 Å². The van der Waals surface area contributed by atoms with Crippen LogP contribution in [0.4, 0.5) is 0 Å². The highest BCUT2D eigenvalue weighted by Crippen LogP contribution is 2.30. The van der Waals surface area contributed by atoms with E-state index in [2.05, 4.69) is 45.1 Å². The molecule has 2 rings (SSSR count). The molecule has 0 aromatic heterocycles. The van der Waals surface area contributed by atoms with Crippen LogP contribution in [0.25, 0.3) is 0 Å². The van der Waals surface area contributed by atoms with Crippen LogP contribution in [0, 0.1) is 0 Å². The van der Waals surface area contributed by atoms with Crippen molar-refractivity contribution < 1.29 is 5.11 Å². The first kappa shape index (κ1) is 16.0. The number of halogens is 1. The summed E-state index contributed by atoms with van der Waals surface area (Å²) in [4.78, 5) is 2.42. The lowest BCUT2D eigenvalue weighted by Crippen LogP contribution is -2.44. The molecule has 1 aliphatic rings. The van der Waals surface area contributed by atoms with Gasteiger partial charge in [0.15, 0.2) is 0 Å². The second-order valence-corrected chi connectivity index (χ2v) is 6.47. The second-order valence-electron chi connectivity index (χ2n) is 5.56. The number of nitrogens with zero attached hydrogens (tertiary/aromatic N) is 1. The molecule has 20 heavy (non-hydrogen) atoms. The zero-order valence-electron chi connectivity index (χ0n) is 12.0. The van der Waals surface area contributed by atoms with Crippen molar-refractivity contribution in [2.75, 3.05) is 19.7 Å². The number of nitrogens with two attached hydrogens (primary N) is 1. The summed E-state index contributed by atoms with van der Waals surface area (Å²) in [6.45, 7) is 1.50. The maximum Gasteiger partial charge on any atom is 0.0558 e. The molecule has 3 N–H and O–H groups in total. The highest BCUT2D eigenvalue weighted by atomic mass is 79.9. The first-order valence-electron chi connectivity index (χ1n) is 7.58. The molecule has 1 atom stereocenters. The summed E-state index contributed by atoms with van der Waals surface area (Å²) in [5.74, 6) is 0. The fraction of sp³-hybridized carbons (Fsp3) is 0.625. The van der Waals surface area contributed by atoms with E-state index in [1.807, 2.05) is 0 Å². The van der Waals surface area contributed by atoms with Gasteiger partial charge in [-0.1, -0.05) is 47.3 Å². The van der Waals surface area contributed by atoms with Crippen LogP contribution in [0.1, 0.15) is 43.7 Å². The van der Waals surface area contributed by atoms with Gasteiger partial charge in [0.2, 0.25) is 0 Å². The van der Waals surface area contributed by atoms with Crippen LogP contribution in [0.3, 0.4) is 0 Å². The molecule has 0 saturated heterocycles. The quantitative estimate of drug-likeness (QED) is 0.836. The van der Waals surface area contributed by atoms with Gasteiger partial charge in [0.25, 0.3) is 0 Å². The Bertz CT molecular complexity index is 390. The summed E-state index contributed by atoms with van der Waals surface area (Å²) in [6, 6.07) is 9.17. The number of hydrogen-bond donors (Lipinski definition) is 2. The maximum absolute atomic E-state index is 9.41. The van der Waals surface area contributed by atoms with Gasteiger partial charge in [-0.25, -0.2) is 0 Å². The van der Waals surface area contributed by atoms with E-state index in [0.717, 1.165) is 4.47 Å². The molecule has 1 saturated carbocycles. The average Bonchev–Trinajstić information content (AvgIpc) is 2.50. The molecule has 1 aromatic rings. The zero-order valence-corrected chi connectivity index (χ0v) is 13.6. The molecule has 1 unspecified atom stereocenters. The zero-order chi connectivity index (χ0) is 14.4. The van der Waals surface area contributed by atoms with Crippen LogP contribution in [-0.4, -0.2) is 35.7 Å². The van der Waals surface area contributed by atoms with E-state index in [4.69, 9.17) is 5.73 Å². The largest absolute Gasteiger partial charge is 0.395 e. The lowest BCUT2D eigenvalue weighted by atomic mass is 9.92. The third-order valence-electron chi connectivity index (χ3n) is 4.28. The van der Waals surface area contributed by atoms with Crippen molar-refractivity contribution >= 4 is 15.9 Å². The Labute approximate surface area is 130 Å². The predicted molar refractivity (Wildman–Crippen MR) is 86.6 cm³/mol. The van der Waals surface area contributed by atoms with Crippen molar-refractivity contribution in [1.82, 2.24) is 4.90 Å². The summed E-state index contributed by atoms with van der Waals surface area (Å²) in [5.41, 5.74) is 7.29. The molecule has 0 radical (unpaired) electrons. The fourth-order valence-corrected chi connectivity index (χ4v) is 3.53. The number of aliphatic hydroxyl groups is 1. The highest BCUT2D eigenvalue weighted by Gasteiger charge is 2.27. The van der Waals surface area contributed by atoms with Crippen molar-refractivity contribution in [3.63, 3.8) is 0 Å². The molecule has 112 valence electrons. The van der Waals surface area contributed by atoms with E-state index in [-0.39, 0.29) is 12.6 Å². The van der Waals surface area contributed by atoms with E-state index < -0.39 is 0 Å². The number of benzene rings is 1. The van der Waals surface area contributed by atoms with E-state index in [1.54, 1.807) is 0 Å². The fourth-order valence-electron chi connectivity index (χ4n) is 3.27. The molecule has 1 fully saturated rings. The summed E-state index contributed by atoms with van der Waals surface area (Å²) >= 11 is 3.48. The minimum atomic E-state index is 0.198. The molecule has 0 aliphatic heterocycles. The van der Waals surface area contributed by atoms with Gasteiger partial charge in [-0.2, -0.15) is 0 Å². The molecule has 1 aromatic carbocycles. The number of aliphatic hydroxyl groups excluding tert-OH is 1. The van der Waals surface area contributed by atoms with Crippen molar-refractivity contribution in [3.8, 4) is 0 Å². The van der Waals surface area contributed by atoms with Crippen molar-refractivity contribution in [2.24, 2.45) is 5.73 Å². The third kappa shape index (κ3) is 4.04. The number of rotatable bonds is 6. The Morgan fingerprint density at radius 1 is 1.20 bits per heavy atom. The van der Waals surface area contributed by atoms with Gasteiger partial charge in [0.05, 0.1) is 6.61 Å². The van der Waals surface area contributed by atoms with Gasteiger partial charge in [0, 0.05) is 29.6 Å². The predicted octanol–water partition coefficient (Wildman–Crippen LogP) is 3.08. The minimum Gasteiger partial charge on any atom is -0.395 e. The monoisotopic (exact) mass is 340 g/mol. The van der Waals surface area contributed by atoms with Gasteiger partial charge in [0.1, 0.15) is 0 Å². The highest BCUT2D eigenvalue weighted by molar-refractivity contribution is 9.10. The smallest absolute Gasteiger partial charge is 0.0558 e. The van der Waals surface area contributed by atoms with E-state index in [1.165, 1.54) is 37.7 Å². The van der Waals surface area contributed by atoms with Crippen LogP contribution in [-0.2, 0) is 0 Å².